The smallest absolute Gasteiger partial charge is 0.130 e. The third kappa shape index (κ3) is 2.89. The van der Waals surface area contributed by atoms with E-state index in [0.717, 1.165) is 29.3 Å². The maximum absolute atomic E-state index is 9.15. The summed E-state index contributed by atoms with van der Waals surface area (Å²) in [6.45, 7) is 0.0430. The largest absolute Gasteiger partial charge is 0.392 e. The molecule has 0 aliphatic carbocycles. The Hall–Kier alpha value is -0.740. The van der Waals surface area contributed by atoms with E-state index in [4.69, 9.17) is 5.11 Å². The van der Waals surface area contributed by atoms with Crippen LogP contribution in [0, 0.1) is 0 Å². The average Bonchev–Trinajstić information content (AvgIpc) is 2.19. The molecule has 1 rings (SSSR count). The molecule has 0 aromatic heterocycles. The number of hydrogen-bond donors (Lipinski definition) is 2. The van der Waals surface area contributed by atoms with Crippen molar-refractivity contribution in [2.75, 3.05) is 19.9 Å². The van der Waals surface area contributed by atoms with Gasteiger partial charge in [0.15, 0.2) is 0 Å². The van der Waals surface area contributed by atoms with E-state index in [0.29, 0.717) is 0 Å². The number of allylic oxidation sites excluding steroid dienone is 2. The number of aliphatic imine (C=N–C) groups is 1. The van der Waals surface area contributed by atoms with Crippen molar-refractivity contribution in [3.05, 3.63) is 22.8 Å². The summed E-state index contributed by atoms with van der Waals surface area (Å²) in [5.41, 5.74) is 0.882. The van der Waals surface area contributed by atoms with Gasteiger partial charge in [0, 0.05) is 12.6 Å². The molecule has 0 radical (unpaired) electrons. The van der Waals surface area contributed by atoms with Gasteiger partial charge in [-0.05, 0) is 19.1 Å². The topological polar surface area (TPSA) is 44.6 Å². The zero-order valence-electron chi connectivity index (χ0n) is 8.58. The van der Waals surface area contributed by atoms with Crippen LogP contribution in [0.3, 0.4) is 0 Å². The summed E-state index contributed by atoms with van der Waals surface area (Å²) in [6, 6.07) is 0. The van der Waals surface area contributed by atoms with Gasteiger partial charge in [-0.1, -0.05) is 12.2 Å². The maximum Gasteiger partial charge on any atom is 0.130 e. The molecular formula is C10H16N2OS. The van der Waals surface area contributed by atoms with Crippen molar-refractivity contribution in [1.29, 1.82) is 0 Å². The van der Waals surface area contributed by atoms with Crippen molar-refractivity contribution < 1.29 is 5.11 Å². The summed E-state index contributed by atoms with van der Waals surface area (Å²) in [5.74, 6) is 0.771. The summed E-state index contributed by atoms with van der Waals surface area (Å²) in [6.07, 6.45) is 8.17. The van der Waals surface area contributed by atoms with Crippen molar-refractivity contribution in [2.24, 2.45) is 4.99 Å². The van der Waals surface area contributed by atoms with Gasteiger partial charge < -0.3 is 10.4 Å². The lowest BCUT2D eigenvalue weighted by Crippen LogP contribution is -2.26. The number of aliphatic hydroxyl groups is 1. The van der Waals surface area contributed by atoms with Gasteiger partial charge in [0.05, 0.1) is 11.6 Å². The number of hydrogen-bond acceptors (Lipinski definition) is 3. The molecule has 0 saturated heterocycles. The first-order valence-corrected chi connectivity index (χ1v) is 5.82. The predicted octanol–water partition coefficient (Wildman–Crippen LogP) is 1.52. The fourth-order valence-electron chi connectivity index (χ4n) is 1.29. The third-order valence-corrected chi connectivity index (χ3v) is 2.76. The Kier molecular flexibility index (Phi) is 4.76. The van der Waals surface area contributed by atoms with Crippen LogP contribution in [0.1, 0.15) is 12.8 Å². The summed E-state index contributed by atoms with van der Waals surface area (Å²) in [5, 5.41) is 13.5. The van der Waals surface area contributed by atoms with Gasteiger partial charge in [-0.3, -0.25) is 4.99 Å². The maximum atomic E-state index is 9.15. The van der Waals surface area contributed by atoms with Gasteiger partial charge >= 0.3 is 0 Å². The van der Waals surface area contributed by atoms with Gasteiger partial charge in [-0.15, -0.1) is 11.8 Å². The molecular weight excluding hydrogens is 196 g/mol. The molecule has 0 amide bonds. The molecule has 78 valence electrons. The number of aliphatic hydroxyl groups excluding tert-OH is 1. The molecule has 0 spiro atoms. The summed E-state index contributed by atoms with van der Waals surface area (Å²) in [4.78, 5) is 4.12. The second-order valence-electron chi connectivity index (χ2n) is 2.93. The Balaban J connectivity index is 2.84. The summed E-state index contributed by atoms with van der Waals surface area (Å²) >= 11 is 1.66. The number of thioether (sulfide) groups is 1. The quantitative estimate of drug-likeness (QED) is 0.729. The van der Waals surface area contributed by atoms with E-state index in [1.54, 1.807) is 18.8 Å². The van der Waals surface area contributed by atoms with Crippen LogP contribution < -0.4 is 5.32 Å². The van der Waals surface area contributed by atoms with Gasteiger partial charge in [0.2, 0.25) is 0 Å². The Morgan fingerprint density at radius 3 is 2.79 bits per heavy atom. The second kappa shape index (κ2) is 5.88. The Bertz CT molecular complexity index is 282. The molecule has 3 nitrogen and oxygen atoms in total. The van der Waals surface area contributed by atoms with Crippen LogP contribution in [-0.2, 0) is 0 Å². The van der Waals surface area contributed by atoms with Crippen LogP contribution in [-0.4, -0.2) is 30.9 Å². The first-order chi connectivity index (χ1) is 6.81. The molecule has 0 aromatic carbocycles. The molecule has 0 atom stereocenters. The molecule has 0 unspecified atom stereocenters. The molecule has 1 aliphatic rings. The van der Waals surface area contributed by atoms with Gasteiger partial charge in [0.25, 0.3) is 0 Å². The number of amidine groups is 1. The van der Waals surface area contributed by atoms with Crippen LogP contribution in [0.15, 0.2) is 27.7 Å². The summed E-state index contributed by atoms with van der Waals surface area (Å²) < 4.78 is 0. The van der Waals surface area contributed by atoms with Crippen LogP contribution in [0.4, 0.5) is 0 Å². The number of nitrogens with zero attached hydrogens (tertiary/aromatic N) is 1. The zero-order valence-corrected chi connectivity index (χ0v) is 9.40. The van der Waals surface area contributed by atoms with Crippen LogP contribution in [0.25, 0.3) is 0 Å². The average molecular weight is 212 g/mol. The molecule has 0 aromatic rings. The summed E-state index contributed by atoms with van der Waals surface area (Å²) in [7, 11) is 1.73. The lowest BCUT2D eigenvalue weighted by molar-refractivity contribution is 0.336. The minimum atomic E-state index is 0.0430. The highest BCUT2D eigenvalue weighted by molar-refractivity contribution is 8.02. The lowest BCUT2D eigenvalue weighted by Gasteiger charge is -2.15. The third-order valence-electron chi connectivity index (χ3n) is 2.05. The normalized spacial score (nSPS) is 24.4. The van der Waals surface area contributed by atoms with Crippen molar-refractivity contribution in [3.8, 4) is 0 Å². The highest BCUT2D eigenvalue weighted by Gasteiger charge is 2.08. The standard InChI is InChI=1S/C10H16N2OS/c1-11-10-8(7-13)5-3-4-6-9(12-10)14-2/h5-6,13H,3-4,7H2,1-2H3,(H,11,12)/b8-5?,9-6+. The van der Waals surface area contributed by atoms with Crippen molar-refractivity contribution in [2.45, 2.75) is 12.8 Å². The SMILES string of the molecule is CN=C1N/C(SC)=C\CCC=C1CO. The molecule has 1 heterocycles. The minimum absolute atomic E-state index is 0.0430. The van der Waals surface area contributed by atoms with Crippen LogP contribution >= 0.6 is 11.8 Å². The first-order valence-electron chi connectivity index (χ1n) is 4.60. The molecule has 14 heavy (non-hydrogen) atoms. The lowest BCUT2D eigenvalue weighted by atomic mass is 10.1. The van der Waals surface area contributed by atoms with Crippen molar-refractivity contribution in [1.82, 2.24) is 5.32 Å². The first kappa shape index (κ1) is 11.3. The van der Waals surface area contributed by atoms with Crippen molar-refractivity contribution in [3.63, 3.8) is 0 Å². The Labute approximate surface area is 89.0 Å². The van der Waals surface area contributed by atoms with E-state index in [-0.39, 0.29) is 6.61 Å². The van der Waals surface area contributed by atoms with Crippen LogP contribution in [0.5, 0.6) is 0 Å². The molecule has 0 fully saturated rings. The fraction of sp³-hybridized carbons (Fsp3) is 0.500. The van der Waals surface area contributed by atoms with E-state index in [1.807, 2.05) is 12.3 Å². The Morgan fingerprint density at radius 2 is 2.21 bits per heavy atom. The van der Waals surface area contributed by atoms with Crippen LogP contribution in [0.2, 0.25) is 0 Å². The van der Waals surface area contributed by atoms with Gasteiger partial charge in [-0.2, -0.15) is 0 Å². The molecule has 2 N–H and O–H groups in total. The molecule has 0 bridgehead atoms. The van der Waals surface area contributed by atoms with Crippen molar-refractivity contribution >= 4 is 17.6 Å². The number of nitrogens with one attached hydrogen (secondary N) is 1. The van der Waals surface area contributed by atoms with E-state index < -0.39 is 0 Å². The zero-order chi connectivity index (χ0) is 10.4. The highest BCUT2D eigenvalue weighted by Crippen LogP contribution is 2.14. The fourth-order valence-corrected chi connectivity index (χ4v) is 1.77. The van der Waals surface area contributed by atoms with E-state index >= 15 is 0 Å². The highest BCUT2D eigenvalue weighted by atomic mass is 32.2. The van der Waals surface area contributed by atoms with E-state index in [2.05, 4.69) is 16.4 Å². The Morgan fingerprint density at radius 1 is 1.50 bits per heavy atom. The van der Waals surface area contributed by atoms with E-state index in [9.17, 15) is 0 Å². The molecule has 0 saturated carbocycles. The molecule has 4 heteroatoms. The molecule has 1 aliphatic heterocycles. The predicted molar refractivity (Wildman–Crippen MR) is 62.5 cm³/mol. The minimum Gasteiger partial charge on any atom is -0.392 e. The van der Waals surface area contributed by atoms with Gasteiger partial charge in [-0.25, -0.2) is 0 Å². The van der Waals surface area contributed by atoms with Gasteiger partial charge in [0.1, 0.15) is 5.84 Å². The van der Waals surface area contributed by atoms with E-state index in [1.165, 1.54) is 0 Å². The second-order valence-corrected chi connectivity index (χ2v) is 3.78. The number of rotatable bonds is 2. The monoisotopic (exact) mass is 212 g/mol.